The Bertz CT molecular complexity index is 1600. The summed E-state index contributed by atoms with van der Waals surface area (Å²) in [5, 5.41) is 23.8. The number of anilines is 2. The van der Waals surface area contributed by atoms with Crippen molar-refractivity contribution in [3.63, 3.8) is 0 Å². The number of benzene rings is 1. The van der Waals surface area contributed by atoms with E-state index in [9.17, 15) is 13.2 Å². The summed E-state index contributed by atoms with van der Waals surface area (Å²) in [5.74, 6) is -1.40. The molecule has 1 fully saturated rings. The molecule has 0 radical (unpaired) electrons. The van der Waals surface area contributed by atoms with Gasteiger partial charge in [0, 0.05) is 61.8 Å². The first kappa shape index (κ1) is 31.8. The molecule has 1 aliphatic heterocycles. The van der Waals surface area contributed by atoms with E-state index in [0.29, 0.717) is 46.2 Å². The molecule has 0 spiro atoms. The summed E-state index contributed by atoms with van der Waals surface area (Å²) < 4.78 is 39.2. The standard InChI is InChI=1S/C25H24Cl2N8O.C2HF3O2/c26-18-2-3-20(21(27)11-18)22-12-24-32-19(15-34-7-9-36-10-8-34)16-35(24)25(33-22)30-6-5-29-23-4-1-17(13-28)14-31-23;3-2(4,5)1(6)7/h1-4,11-12,14,16H,5-10,15H2,(H,29,31)(H,30,33);(H,6,7). The van der Waals surface area contributed by atoms with Crippen molar-refractivity contribution < 1.29 is 27.8 Å². The van der Waals surface area contributed by atoms with Gasteiger partial charge in [0.2, 0.25) is 5.95 Å². The van der Waals surface area contributed by atoms with Crippen LogP contribution in [-0.4, -0.2) is 80.9 Å². The van der Waals surface area contributed by atoms with Crippen LogP contribution in [0.5, 0.6) is 0 Å². The number of pyridine rings is 1. The lowest BCUT2D eigenvalue weighted by Gasteiger charge is -2.25. The van der Waals surface area contributed by atoms with Crippen molar-refractivity contribution in [2.24, 2.45) is 0 Å². The van der Waals surface area contributed by atoms with Crippen LogP contribution in [0.15, 0.2) is 48.8 Å². The quantitative estimate of drug-likeness (QED) is 0.227. The van der Waals surface area contributed by atoms with Gasteiger partial charge in [-0.25, -0.2) is 19.7 Å². The maximum atomic E-state index is 10.6. The van der Waals surface area contributed by atoms with Gasteiger partial charge in [0.25, 0.3) is 0 Å². The van der Waals surface area contributed by atoms with Gasteiger partial charge in [-0.1, -0.05) is 23.2 Å². The summed E-state index contributed by atoms with van der Waals surface area (Å²) in [5.41, 5.74) is 3.75. The number of halogens is 5. The number of carbonyl (C=O) groups is 1. The molecule has 3 aromatic heterocycles. The van der Waals surface area contributed by atoms with Gasteiger partial charge >= 0.3 is 12.1 Å². The van der Waals surface area contributed by atoms with Gasteiger partial charge in [-0.2, -0.15) is 18.4 Å². The third-order valence-electron chi connectivity index (χ3n) is 6.05. The Morgan fingerprint density at radius 2 is 1.81 bits per heavy atom. The van der Waals surface area contributed by atoms with E-state index in [2.05, 4.69) is 26.6 Å². The fraction of sp³-hybridized carbons (Fsp3) is 0.296. The number of imidazole rings is 1. The lowest BCUT2D eigenvalue weighted by Crippen LogP contribution is -2.35. The van der Waals surface area contributed by atoms with Crippen molar-refractivity contribution in [2.75, 3.05) is 50.0 Å². The molecule has 1 aromatic carbocycles. The molecule has 0 amide bonds. The molecule has 43 heavy (non-hydrogen) atoms. The van der Waals surface area contributed by atoms with Crippen molar-refractivity contribution in [3.05, 3.63) is 70.1 Å². The molecule has 5 rings (SSSR count). The number of nitrogens with one attached hydrogen (secondary N) is 2. The van der Waals surface area contributed by atoms with Crippen LogP contribution in [0, 0.1) is 11.3 Å². The van der Waals surface area contributed by atoms with E-state index in [-0.39, 0.29) is 0 Å². The first-order valence-electron chi connectivity index (χ1n) is 12.8. The maximum absolute atomic E-state index is 10.6. The van der Waals surface area contributed by atoms with E-state index in [1.165, 1.54) is 0 Å². The number of ether oxygens (including phenoxy) is 1. The second-order valence-corrected chi connectivity index (χ2v) is 9.98. The van der Waals surface area contributed by atoms with E-state index in [1.807, 2.05) is 22.7 Å². The minimum absolute atomic E-state index is 0.524. The van der Waals surface area contributed by atoms with Crippen LogP contribution in [0.1, 0.15) is 11.3 Å². The van der Waals surface area contributed by atoms with Crippen molar-refractivity contribution in [1.82, 2.24) is 24.3 Å². The Morgan fingerprint density at radius 1 is 1.09 bits per heavy atom. The predicted octanol–water partition coefficient (Wildman–Crippen LogP) is 4.96. The number of morpholine rings is 1. The number of alkyl halides is 3. The van der Waals surface area contributed by atoms with Crippen LogP contribution in [0.3, 0.4) is 0 Å². The SMILES string of the molecule is N#Cc1ccc(NCCNc2nc(-c3ccc(Cl)cc3Cl)cc3nc(CN4CCOCC4)cn23)nc1.O=C(O)C(F)(F)F. The van der Waals surface area contributed by atoms with Crippen molar-refractivity contribution in [2.45, 2.75) is 12.7 Å². The minimum atomic E-state index is -5.08. The lowest BCUT2D eigenvalue weighted by atomic mass is 10.1. The van der Waals surface area contributed by atoms with Crippen molar-refractivity contribution in [3.8, 4) is 17.3 Å². The number of nitrogens with zero attached hydrogens (tertiary/aromatic N) is 6. The number of carboxylic acid groups (broad SMARTS) is 1. The van der Waals surface area contributed by atoms with E-state index in [4.69, 9.17) is 53.1 Å². The normalized spacial score (nSPS) is 13.6. The van der Waals surface area contributed by atoms with Crippen molar-refractivity contribution in [1.29, 1.82) is 5.26 Å². The number of aromatic nitrogens is 4. The molecule has 0 bridgehead atoms. The third-order valence-corrected chi connectivity index (χ3v) is 6.60. The smallest absolute Gasteiger partial charge is 0.475 e. The minimum Gasteiger partial charge on any atom is -0.475 e. The molecule has 3 N–H and O–H groups in total. The van der Waals surface area contributed by atoms with Gasteiger partial charge in [0.1, 0.15) is 17.5 Å². The summed E-state index contributed by atoms with van der Waals surface area (Å²) in [7, 11) is 0. The number of aliphatic carboxylic acids is 1. The highest BCUT2D eigenvalue weighted by Crippen LogP contribution is 2.31. The van der Waals surface area contributed by atoms with Crippen LogP contribution < -0.4 is 10.6 Å². The highest BCUT2D eigenvalue weighted by Gasteiger charge is 2.38. The molecular formula is C27H25Cl2F3N8O3. The highest BCUT2D eigenvalue weighted by molar-refractivity contribution is 6.36. The Balaban J connectivity index is 0.000000541. The molecule has 1 aliphatic rings. The summed E-state index contributed by atoms with van der Waals surface area (Å²) in [6, 6.07) is 12.9. The Kier molecular flexibility index (Phi) is 10.6. The summed E-state index contributed by atoms with van der Waals surface area (Å²) in [4.78, 5) is 25.2. The van der Waals surface area contributed by atoms with Crippen LogP contribution in [0.25, 0.3) is 16.9 Å². The van der Waals surface area contributed by atoms with E-state index >= 15 is 0 Å². The Hall–Kier alpha value is -4.16. The summed E-state index contributed by atoms with van der Waals surface area (Å²) in [6.45, 7) is 5.18. The molecule has 0 saturated carbocycles. The molecule has 11 nitrogen and oxygen atoms in total. The number of hydrogen-bond acceptors (Lipinski definition) is 9. The molecule has 0 atom stereocenters. The van der Waals surface area contributed by atoms with Crippen LogP contribution in [0.2, 0.25) is 10.0 Å². The molecule has 4 heterocycles. The van der Waals surface area contributed by atoms with Crippen LogP contribution in [-0.2, 0) is 16.1 Å². The number of carboxylic acids is 1. The molecule has 1 saturated heterocycles. The van der Waals surface area contributed by atoms with E-state index in [1.54, 1.807) is 30.5 Å². The number of nitriles is 1. The maximum Gasteiger partial charge on any atom is 0.490 e. The van der Waals surface area contributed by atoms with Gasteiger partial charge in [-0.3, -0.25) is 9.30 Å². The van der Waals surface area contributed by atoms with Gasteiger partial charge in [-0.15, -0.1) is 0 Å². The van der Waals surface area contributed by atoms with E-state index in [0.717, 1.165) is 49.8 Å². The van der Waals surface area contributed by atoms with E-state index < -0.39 is 12.1 Å². The fourth-order valence-electron chi connectivity index (χ4n) is 3.99. The fourth-order valence-corrected chi connectivity index (χ4v) is 4.50. The van der Waals surface area contributed by atoms with Crippen molar-refractivity contribution >= 4 is 46.6 Å². The average Bonchev–Trinajstić information content (AvgIpc) is 3.38. The van der Waals surface area contributed by atoms with Gasteiger partial charge < -0.3 is 20.5 Å². The molecular weight excluding hydrogens is 612 g/mol. The second-order valence-electron chi connectivity index (χ2n) is 9.14. The number of fused-ring (bicyclic) bond motifs is 1. The Labute approximate surface area is 253 Å². The largest absolute Gasteiger partial charge is 0.490 e. The average molecular weight is 637 g/mol. The molecule has 226 valence electrons. The predicted molar refractivity (Wildman–Crippen MR) is 154 cm³/mol. The monoisotopic (exact) mass is 636 g/mol. The molecule has 16 heteroatoms. The first-order valence-corrected chi connectivity index (χ1v) is 13.6. The van der Waals surface area contributed by atoms with Crippen LogP contribution in [0.4, 0.5) is 24.9 Å². The topological polar surface area (TPSA) is 141 Å². The molecule has 4 aromatic rings. The van der Waals surface area contributed by atoms with Gasteiger partial charge in [0.15, 0.2) is 0 Å². The lowest BCUT2D eigenvalue weighted by molar-refractivity contribution is -0.192. The first-order chi connectivity index (χ1) is 20.5. The third kappa shape index (κ3) is 8.91. The second kappa shape index (κ2) is 14.3. The molecule has 0 unspecified atom stereocenters. The number of rotatable bonds is 8. The zero-order valence-corrected chi connectivity index (χ0v) is 23.9. The Morgan fingerprint density at radius 3 is 2.44 bits per heavy atom. The molecule has 0 aliphatic carbocycles. The number of hydrogen-bond donors (Lipinski definition) is 3. The highest BCUT2D eigenvalue weighted by atomic mass is 35.5. The summed E-state index contributed by atoms with van der Waals surface area (Å²) >= 11 is 12.6. The van der Waals surface area contributed by atoms with Gasteiger partial charge in [-0.05, 0) is 30.3 Å². The van der Waals surface area contributed by atoms with Gasteiger partial charge in [0.05, 0.1) is 35.2 Å². The zero-order valence-electron chi connectivity index (χ0n) is 22.4. The zero-order chi connectivity index (χ0) is 31.0. The summed E-state index contributed by atoms with van der Waals surface area (Å²) in [6.07, 6.45) is -1.52. The van der Waals surface area contributed by atoms with Crippen LogP contribution >= 0.6 is 23.2 Å².